The maximum absolute atomic E-state index is 12.2. The molecule has 2 rings (SSSR count). The lowest BCUT2D eigenvalue weighted by molar-refractivity contribution is -0.145. The Morgan fingerprint density at radius 3 is 2.81 bits per heavy atom. The fourth-order valence-corrected chi connectivity index (χ4v) is 2.31. The highest BCUT2D eigenvalue weighted by molar-refractivity contribution is 5.83. The molecule has 1 aliphatic rings. The number of nitrogens with zero attached hydrogens (tertiary/aromatic N) is 1. The van der Waals surface area contributed by atoms with E-state index in [0.717, 1.165) is 25.0 Å². The molecule has 0 unspecified atom stereocenters. The molecular weight excluding hydrogens is 202 g/mol. The zero-order chi connectivity index (χ0) is 11.6. The van der Waals surface area contributed by atoms with Crippen LogP contribution in [0.5, 0.6) is 0 Å². The van der Waals surface area contributed by atoms with E-state index in [1.54, 1.807) is 4.90 Å². The van der Waals surface area contributed by atoms with Crippen LogP contribution in [-0.4, -0.2) is 29.4 Å². The maximum atomic E-state index is 12.2. The molecule has 0 aromatic carbocycles. The Balaban J connectivity index is 1.99. The van der Waals surface area contributed by atoms with E-state index in [1.807, 2.05) is 25.4 Å². The Labute approximate surface area is 95.8 Å². The average Bonchev–Trinajstić information content (AvgIpc) is 2.69. The topological polar surface area (TPSA) is 62.1 Å². The first kappa shape index (κ1) is 11.2. The molecule has 1 aromatic heterocycles. The van der Waals surface area contributed by atoms with Gasteiger partial charge in [0.25, 0.3) is 0 Å². The lowest BCUT2D eigenvalue weighted by Gasteiger charge is -2.41. The quantitative estimate of drug-likeness (QED) is 0.799. The number of aromatic amines is 1. The summed E-state index contributed by atoms with van der Waals surface area (Å²) in [7, 11) is 1.85. The van der Waals surface area contributed by atoms with Gasteiger partial charge in [-0.3, -0.25) is 4.79 Å². The lowest BCUT2D eigenvalue weighted by Crippen LogP contribution is -2.50. The summed E-state index contributed by atoms with van der Waals surface area (Å²) in [5.74, 6) is 0.191. The number of carbonyl (C=O) groups excluding carboxylic acids is 1. The molecule has 0 radical (unpaired) electrons. The molecule has 1 saturated carbocycles. The monoisotopic (exact) mass is 221 g/mol. The molecule has 0 bridgehead atoms. The molecule has 3 N–H and O–H groups in total. The van der Waals surface area contributed by atoms with Gasteiger partial charge < -0.3 is 15.6 Å². The number of amides is 1. The van der Waals surface area contributed by atoms with Gasteiger partial charge in [-0.1, -0.05) is 6.42 Å². The van der Waals surface area contributed by atoms with Crippen molar-refractivity contribution in [2.45, 2.75) is 25.8 Å². The molecule has 0 saturated heterocycles. The van der Waals surface area contributed by atoms with Crippen LogP contribution in [-0.2, 0) is 11.3 Å². The molecule has 4 nitrogen and oxygen atoms in total. The molecule has 1 aliphatic carbocycles. The third-order valence-corrected chi connectivity index (χ3v) is 3.57. The zero-order valence-electron chi connectivity index (χ0n) is 9.70. The Hall–Kier alpha value is -1.29. The smallest absolute Gasteiger partial charge is 0.230 e. The predicted molar refractivity (Wildman–Crippen MR) is 62.6 cm³/mol. The number of aromatic nitrogens is 1. The van der Waals surface area contributed by atoms with Crippen molar-refractivity contribution in [3.63, 3.8) is 0 Å². The lowest BCUT2D eigenvalue weighted by atomic mass is 9.68. The first-order valence-corrected chi connectivity index (χ1v) is 5.76. The first-order chi connectivity index (χ1) is 7.68. The summed E-state index contributed by atoms with van der Waals surface area (Å²) in [6.07, 6.45) is 4.88. The van der Waals surface area contributed by atoms with Gasteiger partial charge in [0.15, 0.2) is 0 Å². The molecule has 88 valence electrons. The third kappa shape index (κ3) is 1.85. The van der Waals surface area contributed by atoms with E-state index in [0.29, 0.717) is 13.1 Å². The van der Waals surface area contributed by atoms with Crippen LogP contribution < -0.4 is 5.73 Å². The van der Waals surface area contributed by atoms with E-state index in [1.165, 1.54) is 0 Å². The van der Waals surface area contributed by atoms with Crippen LogP contribution in [0, 0.1) is 5.41 Å². The number of rotatable bonds is 4. The summed E-state index contributed by atoms with van der Waals surface area (Å²) in [6.45, 7) is 1.11. The average molecular weight is 221 g/mol. The summed E-state index contributed by atoms with van der Waals surface area (Å²) in [5, 5.41) is 0. The minimum absolute atomic E-state index is 0.191. The van der Waals surface area contributed by atoms with E-state index in [9.17, 15) is 4.79 Å². The van der Waals surface area contributed by atoms with Crippen molar-refractivity contribution in [1.29, 1.82) is 0 Å². The molecule has 0 spiro atoms. The first-order valence-electron chi connectivity index (χ1n) is 5.76. The van der Waals surface area contributed by atoms with E-state index >= 15 is 0 Å². The molecule has 4 heteroatoms. The van der Waals surface area contributed by atoms with Gasteiger partial charge in [-0.15, -0.1) is 0 Å². The molecule has 1 fully saturated rings. The number of nitrogens with one attached hydrogen (secondary N) is 1. The second-order valence-electron chi connectivity index (χ2n) is 4.69. The molecular formula is C12H19N3O. The summed E-state index contributed by atoms with van der Waals surface area (Å²) in [6, 6.07) is 3.93. The van der Waals surface area contributed by atoms with Crippen molar-refractivity contribution in [3.05, 3.63) is 24.0 Å². The van der Waals surface area contributed by atoms with Crippen LogP contribution in [0.15, 0.2) is 18.3 Å². The van der Waals surface area contributed by atoms with Gasteiger partial charge in [0, 0.05) is 25.5 Å². The van der Waals surface area contributed by atoms with Gasteiger partial charge in [0.2, 0.25) is 5.91 Å². The fourth-order valence-electron chi connectivity index (χ4n) is 2.31. The number of H-pyrrole nitrogens is 1. The van der Waals surface area contributed by atoms with Crippen molar-refractivity contribution in [3.8, 4) is 0 Å². The number of nitrogens with two attached hydrogens (primary N) is 1. The molecule has 0 atom stereocenters. The molecule has 16 heavy (non-hydrogen) atoms. The highest BCUT2D eigenvalue weighted by Gasteiger charge is 2.44. The largest absolute Gasteiger partial charge is 0.364 e. The summed E-state index contributed by atoms with van der Waals surface area (Å²) >= 11 is 0. The van der Waals surface area contributed by atoms with E-state index in [-0.39, 0.29) is 11.3 Å². The summed E-state index contributed by atoms with van der Waals surface area (Å²) < 4.78 is 0. The van der Waals surface area contributed by atoms with E-state index < -0.39 is 0 Å². The predicted octanol–water partition coefficient (Wildman–Crippen LogP) is 1.10. The number of hydrogen-bond donors (Lipinski definition) is 2. The zero-order valence-corrected chi connectivity index (χ0v) is 9.70. The van der Waals surface area contributed by atoms with Crippen LogP contribution in [0.4, 0.5) is 0 Å². The van der Waals surface area contributed by atoms with Crippen molar-refractivity contribution < 1.29 is 4.79 Å². The second-order valence-corrected chi connectivity index (χ2v) is 4.69. The van der Waals surface area contributed by atoms with Crippen molar-refractivity contribution >= 4 is 5.91 Å². The number of carbonyl (C=O) groups is 1. The van der Waals surface area contributed by atoms with Crippen LogP contribution in [0.1, 0.15) is 25.0 Å². The molecule has 1 heterocycles. The molecule has 0 aliphatic heterocycles. The minimum atomic E-state index is -0.263. The van der Waals surface area contributed by atoms with Gasteiger partial charge in [-0.25, -0.2) is 0 Å². The van der Waals surface area contributed by atoms with Crippen molar-refractivity contribution in [1.82, 2.24) is 9.88 Å². The Kier molecular flexibility index (Phi) is 3.01. The van der Waals surface area contributed by atoms with E-state index in [2.05, 4.69) is 4.98 Å². The summed E-state index contributed by atoms with van der Waals surface area (Å²) in [4.78, 5) is 17.1. The van der Waals surface area contributed by atoms with Crippen LogP contribution in [0.25, 0.3) is 0 Å². The third-order valence-electron chi connectivity index (χ3n) is 3.57. The van der Waals surface area contributed by atoms with Crippen LogP contribution >= 0.6 is 0 Å². The van der Waals surface area contributed by atoms with Crippen molar-refractivity contribution in [2.75, 3.05) is 13.6 Å². The fraction of sp³-hybridized carbons (Fsp3) is 0.583. The summed E-state index contributed by atoms with van der Waals surface area (Å²) in [5.41, 5.74) is 6.52. The van der Waals surface area contributed by atoms with Crippen LogP contribution in [0.3, 0.4) is 0 Å². The van der Waals surface area contributed by atoms with E-state index in [4.69, 9.17) is 5.73 Å². The van der Waals surface area contributed by atoms with Crippen LogP contribution in [0.2, 0.25) is 0 Å². The minimum Gasteiger partial charge on any atom is -0.364 e. The van der Waals surface area contributed by atoms with Gasteiger partial charge in [-0.2, -0.15) is 0 Å². The second kappa shape index (κ2) is 4.29. The molecule has 1 amide bonds. The Bertz CT molecular complexity index is 349. The highest BCUT2D eigenvalue weighted by atomic mass is 16.2. The Morgan fingerprint density at radius 2 is 2.38 bits per heavy atom. The number of hydrogen-bond acceptors (Lipinski definition) is 2. The highest BCUT2D eigenvalue weighted by Crippen LogP contribution is 2.41. The van der Waals surface area contributed by atoms with Gasteiger partial charge in [0.05, 0.1) is 12.0 Å². The SMILES string of the molecule is CN(Cc1ccc[nH]1)C(=O)C1(CN)CCC1. The van der Waals surface area contributed by atoms with Gasteiger partial charge in [-0.05, 0) is 25.0 Å². The van der Waals surface area contributed by atoms with Gasteiger partial charge in [0.1, 0.15) is 0 Å². The molecule has 1 aromatic rings. The van der Waals surface area contributed by atoms with Crippen molar-refractivity contribution in [2.24, 2.45) is 11.1 Å². The standard InChI is InChI=1S/C12H19N3O/c1-15(8-10-4-2-7-14-10)11(16)12(9-13)5-3-6-12/h2,4,7,14H,3,5-6,8-9,13H2,1H3. The normalized spacial score (nSPS) is 17.9. The van der Waals surface area contributed by atoms with Gasteiger partial charge >= 0.3 is 0 Å². The Morgan fingerprint density at radius 1 is 1.62 bits per heavy atom. The maximum Gasteiger partial charge on any atom is 0.230 e.